The summed E-state index contributed by atoms with van der Waals surface area (Å²) < 4.78 is 0. The van der Waals surface area contributed by atoms with Gasteiger partial charge in [0.1, 0.15) is 0 Å². The van der Waals surface area contributed by atoms with Gasteiger partial charge in [0.15, 0.2) is 0 Å². The Balaban J connectivity index is 2.79. The number of hydrogen-bond donors (Lipinski definition) is 1. The zero-order valence-corrected chi connectivity index (χ0v) is 10.9. The molecule has 96 valence electrons. The van der Waals surface area contributed by atoms with Gasteiger partial charge < -0.3 is 10.6 Å². The number of amides is 1. The molecule has 1 saturated carbocycles. The molecule has 0 aromatic carbocycles. The molecular weight excluding hydrogens is 214 g/mol. The predicted molar refractivity (Wildman–Crippen MR) is 67.0 cm³/mol. The third-order valence-electron chi connectivity index (χ3n) is 3.75. The van der Waals surface area contributed by atoms with Crippen LogP contribution >= 0.6 is 0 Å². The minimum atomic E-state index is -0.347. The summed E-state index contributed by atoms with van der Waals surface area (Å²) in [5.41, 5.74) is 5.48. The maximum atomic E-state index is 12.6. The molecule has 0 aromatic rings. The summed E-state index contributed by atoms with van der Waals surface area (Å²) in [6, 6.07) is 2.24. The number of hydrogen-bond acceptors (Lipinski definition) is 3. The molecule has 0 aliphatic heterocycles. The summed E-state index contributed by atoms with van der Waals surface area (Å²) in [6.45, 7) is 4.94. The minimum Gasteiger partial charge on any atom is -0.339 e. The number of carbonyl (C=O) groups excluding carboxylic acids is 1. The lowest BCUT2D eigenvalue weighted by Gasteiger charge is -2.35. The Bertz CT molecular complexity index is 300. The summed E-state index contributed by atoms with van der Waals surface area (Å²) >= 11 is 0. The van der Waals surface area contributed by atoms with Crippen molar-refractivity contribution >= 4 is 5.91 Å². The SMILES string of the molecule is CC(C)N(CCC#N)C(=O)C1(CN)CCCC1. The first kappa shape index (κ1) is 14.0. The summed E-state index contributed by atoms with van der Waals surface area (Å²) in [5, 5.41) is 8.65. The molecule has 2 N–H and O–H groups in total. The van der Waals surface area contributed by atoms with Crippen LogP contribution in [0.5, 0.6) is 0 Å². The molecule has 1 amide bonds. The van der Waals surface area contributed by atoms with Crippen molar-refractivity contribution in [1.29, 1.82) is 5.26 Å². The van der Waals surface area contributed by atoms with Crippen LogP contribution in [0.15, 0.2) is 0 Å². The molecule has 0 bridgehead atoms. The summed E-state index contributed by atoms with van der Waals surface area (Å²) in [7, 11) is 0. The van der Waals surface area contributed by atoms with Crippen molar-refractivity contribution in [2.75, 3.05) is 13.1 Å². The largest absolute Gasteiger partial charge is 0.339 e. The molecule has 0 unspecified atom stereocenters. The zero-order valence-electron chi connectivity index (χ0n) is 10.9. The minimum absolute atomic E-state index is 0.139. The highest BCUT2D eigenvalue weighted by molar-refractivity contribution is 5.83. The van der Waals surface area contributed by atoms with Crippen LogP contribution in [0, 0.1) is 16.7 Å². The van der Waals surface area contributed by atoms with E-state index in [1.54, 1.807) is 0 Å². The van der Waals surface area contributed by atoms with Crippen LogP contribution in [-0.4, -0.2) is 29.9 Å². The molecule has 0 aromatic heterocycles. The van der Waals surface area contributed by atoms with E-state index >= 15 is 0 Å². The molecule has 0 saturated heterocycles. The average molecular weight is 237 g/mol. The molecule has 0 spiro atoms. The highest BCUT2D eigenvalue weighted by atomic mass is 16.2. The van der Waals surface area contributed by atoms with Crippen LogP contribution in [0.1, 0.15) is 46.0 Å². The standard InChI is InChI=1S/C13H23N3O/c1-11(2)16(9-5-8-14)12(17)13(10-15)6-3-4-7-13/h11H,3-7,9-10,15H2,1-2H3. The normalized spacial score (nSPS) is 18.1. The van der Waals surface area contributed by atoms with E-state index in [1.165, 1.54) is 0 Å². The number of nitrogens with zero attached hydrogens (tertiary/aromatic N) is 2. The summed E-state index contributed by atoms with van der Waals surface area (Å²) in [4.78, 5) is 14.4. The molecular formula is C13H23N3O. The van der Waals surface area contributed by atoms with Gasteiger partial charge in [-0.15, -0.1) is 0 Å². The Morgan fingerprint density at radius 3 is 2.47 bits per heavy atom. The molecule has 0 atom stereocenters. The fourth-order valence-electron chi connectivity index (χ4n) is 2.63. The number of nitrogens with two attached hydrogens (primary N) is 1. The Morgan fingerprint density at radius 1 is 1.47 bits per heavy atom. The lowest BCUT2D eigenvalue weighted by atomic mass is 9.84. The Hall–Kier alpha value is -1.08. The maximum Gasteiger partial charge on any atom is 0.230 e. The van der Waals surface area contributed by atoms with Gasteiger partial charge in [0.2, 0.25) is 5.91 Å². The van der Waals surface area contributed by atoms with Gasteiger partial charge in [-0.25, -0.2) is 0 Å². The number of carbonyl (C=O) groups is 1. The number of nitriles is 1. The van der Waals surface area contributed by atoms with Crippen molar-refractivity contribution < 1.29 is 4.79 Å². The van der Waals surface area contributed by atoms with E-state index in [-0.39, 0.29) is 17.4 Å². The van der Waals surface area contributed by atoms with Crippen molar-refractivity contribution in [1.82, 2.24) is 4.90 Å². The molecule has 17 heavy (non-hydrogen) atoms. The molecule has 1 rings (SSSR count). The summed E-state index contributed by atoms with van der Waals surface area (Å²) in [5.74, 6) is 0.155. The second-order valence-corrected chi connectivity index (χ2v) is 5.19. The lowest BCUT2D eigenvalue weighted by Crippen LogP contribution is -2.49. The Morgan fingerprint density at radius 2 is 2.06 bits per heavy atom. The van der Waals surface area contributed by atoms with Gasteiger partial charge in [-0.1, -0.05) is 12.8 Å². The van der Waals surface area contributed by atoms with E-state index in [0.29, 0.717) is 19.5 Å². The maximum absolute atomic E-state index is 12.6. The van der Waals surface area contributed by atoms with Gasteiger partial charge in [-0.2, -0.15) is 5.26 Å². The molecule has 0 radical (unpaired) electrons. The van der Waals surface area contributed by atoms with Gasteiger partial charge in [0.05, 0.1) is 17.9 Å². The molecule has 4 nitrogen and oxygen atoms in total. The van der Waals surface area contributed by atoms with Crippen LogP contribution in [0.2, 0.25) is 0 Å². The third-order valence-corrected chi connectivity index (χ3v) is 3.75. The summed E-state index contributed by atoms with van der Waals surface area (Å²) in [6.07, 6.45) is 4.38. The van der Waals surface area contributed by atoms with Crippen LogP contribution < -0.4 is 5.73 Å². The van der Waals surface area contributed by atoms with E-state index in [4.69, 9.17) is 11.0 Å². The third kappa shape index (κ3) is 2.98. The van der Waals surface area contributed by atoms with E-state index in [9.17, 15) is 4.79 Å². The van der Waals surface area contributed by atoms with Crippen molar-refractivity contribution in [3.8, 4) is 6.07 Å². The highest BCUT2D eigenvalue weighted by Crippen LogP contribution is 2.39. The first-order valence-corrected chi connectivity index (χ1v) is 6.45. The van der Waals surface area contributed by atoms with Gasteiger partial charge in [0.25, 0.3) is 0 Å². The molecule has 1 aliphatic rings. The van der Waals surface area contributed by atoms with Crippen molar-refractivity contribution in [3.63, 3.8) is 0 Å². The van der Waals surface area contributed by atoms with E-state index in [1.807, 2.05) is 18.7 Å². The predicted octanol–water partition coefficient (Wildman–Crippen LogP) is 1.66. The van der Waals surface area contributed by atoms with E-state index in [2.05, 4.69) is 6.07 Å². The Labute approximate surface area is 104 Å². The van der Waals surface area contributed by atoms with Crippen molar-refractivity contribution in [2.45, 2.75) is 52.0 Å². The van der Waals surface area contributed by atoms with Gasteiger partial charge in [-0.05, 0) is 26.7 Å². The monoisotopic (exact) mass is 237 g/mol. The average Bonchev–Trinajstić information content (AvgIpc) is 2.78. The molecule has 1 fully saturated rings. The van der Waals surface area contributed by atoms with Crippen molar-refractivity contribution in [3.05, 3.63) is 0 Å². The topological polar surface area (TPSA) is 70.1 Å². The fraction of sp³-hybridized carbons (Fsp3) is 0.846. The van der Waals surface area contributed by atoms with Crippen LogP contribution in [0.25, 0.3) is 0 Å². The van der Waals surface area contributed by atoms with Gasteiger partial charge >= 0.3 is 0 Å². The zero-order chi connectivity index (χ0) is 12.9. The smallest absolute Gasteiger partial charge is 0.230 e. The van der Waals surface area contributed by atoms with Crippen LogP contribution in [-0.2, 0) is 4.79 Å². The van der Waals surface area contributed by atoms with Gasteiger partial charge in [0, 0.05) is 19.1 Å². The quantitative estimate of drug-likeness (QED) is 0.790. The van der Waals surface area contributed by atoms with Gasteiger partial charge in [-0.3, -0.25) is 4.79 Å². The second kappa shape index (κ2) is 6.02. The first-order valence-electron chi connectivity index (χ1n) is 6.45. The second-order valence-electron chi connectivity index (χ2n) is 5.19. The van der Waals surface area contributed by atoms with Crippen LogP contribution in [0.4, 0.5) is 0 Å². The number of rotatable bonds is 5. The highest BCUT2D eigenvalue weighted by Gasteiger charge is 2.42. The fourth-order valence-corrected chi connectivity index (χ4v) is 2.63. The van der Waals surface area contributed by atoms with E-state index in [0.717, 1.165) is 25.7 Å². The first-order chi connectivity index (χ1) is 8.07. The van der Waals surface area contributed by atoms with Crippen LogP contribution in [0.3, 0.4) is 0 Å². The van der Waals surface area contributed by atoms with E-state index < -0.39 is 0 Å². The molecule has 1 aliphatic carbocycles. The van der Waals surface area contributed by atoms with Crippen molar-refractivity contribution in [2.24, 2.45) is 11.1 Å². The Kier molecular flexibility index (Phi) is 4.95. The lowest BCUT2D eigenvalue weighted by molar-refractivity contribution is -0.143. The molecule has 0 heterocycles. The molecule has 4 heteroatoms.